The molecule has 3 atom stereocenters. The van der Waals surface area contributed by atoms with Crippen molar-refractivity contribution >= 4 is 18.1 Å². The highest BCUT2D eigenvalue weighted by molar-refractivity contribution is 5.69. The van der Waals surface area contributed by atoms with Gasteiger partial charge in [0.2, 0.25) is 0 Å². The number of carbonyl (C=O) groups excluding carboxylic acids is 2. The van der Waals surface area contributed by atoms with Crippen molar-refractivity contribution in [2.75, 3.05) is 12.3 Å². The molecule has 144 valence electrons. The van der Waals surface area contributed by atoms with Crippen LogP contribution >= 0.6 is 0 Å². The quantitative estimate of drug-likeness (QED) is 0.348. The summed E-state index contributed by atoms with van der Waals surface area (Å²) < 4.78 is 12.0. The van der Waals surface area contributed by atoms with Crippen LogP contribution < -0.4 is 11.4 Å². The van der Waals surface area contributed by atoms with Crippen molar-refractivity contribution in [3.63, 3.8) is 0 Å². The molecule has 0 unspecified atom stereocenters. The summed E-state index contributed by atoms with van der Waals surface area (Å²) in [7, 11) is 0. The Morgan fingerprint density at radius 2 is 2.19 bits per heavy atom. The summed E-state index contributed by atoms with van der Waals surface area (Å²) in [5.41, 5.74) is 4.89. The highest BCUT2D eigenvalue weighted by Gasteiger charge is 2.36. The predicted octanol–water partition coefficient (Wildman–Crippen LogP) is 0.557. The molecule has 1 aromatic heterocycles. The SMILES string of the molecule is Nc1ccn([C@H]2C[C@H](O)[C@@H](COC(=O)CCCCCCC=O)O2)c(=O)n1. The lowest BCUT2D eigenvalue weighted by Crippen LogP contribution is -2.29. The third-order valence-electron chi connectivity index (χ3n) is 4.23. The first-order valence-corrected chi connectivity index (χ1v) is 8.78. The minimum Gasteiger partial charge on any atom is -0.463 e. The van der Waals surface area contributed by atoms with E-state index in [1.165, 1.54) is 16.8 Å². The van der Waals surface area contributed by atoms with Crippen LogP contribution in [-0.2, 0) is 19.1 Å². The Kier molecular flexibility index (Phi) is 7.73. The number of aldehydes is 1. The van der Waals surface area contributed by atoms with E-state index in [0.717, 1.165) is 25.5 Å². The van der Waals surface area contributed by atoms with Gasteiger partial charge in [0.15, 0.2) is 0 Å². The fraction of sp³-hybridized carbons (Fsp3) is 0.647. The lowest BCUT2D eigenvalue weighted by atomic mass is 10.1. The Morgan fingerprint density at radius 1 is 1.42 bits per heavy atom. The second-order valence-corrected chi connectivity index (χ2v) is 6.28. The molecule has 1 fully saturated rings. The molecule has 3 N–H and O–H groups in total. The van der Waals surface area contributed by atoms with Gasteiger partial charge in [-0.1, -0.05) is 12.8 Å². The van der Waals surface area contributed by atoms with Gasteiger partial charge < -0.3 is 25.1 Å². The number of rotatable bonds is 10. The number of unbranched alkanes of at least 4 members (excludes halogenated alkanes) is 4. The van der Waals surface area contributed by atoms with E-state index in [0.29, 0.717) is 12.8 Å². The molecular weight excluding hydrogens is 342 g/mol. The second-order valence-electron chi connectivity index (χ2n) is 6.28. The second kappa shape index (κ2) is 10.0. The van der Waals surface area contributed by atoms with E-state index in [-0.39, 0.29) is 31.2 Å². The molecular formula is C17H25N3O6. The number of nitrogen functional groups attached to an aromatic ring is 1. The zero-order valence-corrected chi connectivity index (χ0v) is 14.6. The summed E-state index contributed by atoms with van der Waals surface area (Å²) in [4.78, 5) is 37.4. The van der Waals surface area contributed by atoms with Crippen molar-refractivity contribution in [2.45, 2.75) is 63.4 Å². The molecule has 9 nitrogen and oxygen atoms in total. The molecule has 0 bridgehead atoms. The van der Waals surface area contributed by atoms with E-state index in [4.69, 9.17) is 15.2 Å². The Morgan fingerprint density at radius 3 is 2.92 bits per heavy atom. The number of aliphatic hydroxyl groups is 1. The monoisotopic (exact) mass is 367 g/mol. The van der Waals surface area contributed by atoms with Crippen LogP contribution in [0.4, 0.5) is 5.82 Å². The fourth-order valence-corrected chi connectivity index (χ4v) is 2.78. The number of anilines is 1. The minimum atomic E-state index is -0.847. The number of nitrogens with two attached hydrogens (primary N) is 1. The van der Waals surface area contributed by atoms with Gasteiger partial charge in [-0.25, -0.2) is 4.79 Å². The maximum absolute atomic E-state index is 11.8. The van der Waals surface area contributed by atoms with Gasteiger partial charge in [-0.2, -0.15) is 4.98 Å². The molecule has 1 aromatic rings. The number of nitrogens with zero attached hydrogens (tertiary/aromatic N) is 2. The van der Waals surface area contributed by atoms with E-state index in [1.54, 1.807) is 0 Å². The molecule has 0 spiro atoms. The molecule has 0 amide bonds. The topological polar surface area (TPSA) is 134 Å². The lowest BCUT2D eigenvalue weighted by Gasteiger charge is -2.16. The van der Waals surface area contributed by atoms with Crippen molar-refractivity contribution in [3.8, 4) is 0 Å². The van der Waals surface area contributed by atoms with E-state index in [1.807, 2.05) is 0 Å². The number of ether oxygens (including phenoxy) is 2. The van der Waals surface area contributed by atoms with E-state index in [9.17, 15) is 19.5 Å². The lowest BCUT2D eigenvalue weighted by molar-refractivity contribution is -0.150. The van der Waals surface area contributed by atoms with Gasteiger partial charge in [0.25, 0.3) is 0 Å². The van der Waals surface area contributed by atoms with Gasteiger partial charge >= 0.3 is 11.7 Å². The summed E-state index contributed by atoms with van der Waals surface area (Å²) in [6.45, 7) is -0.0706. The first-order chi connectivity index (χ1) is 12.5. The van der Waals surface area contributed by atoms with E-state index >= 15 is 0 Å². The maximum atomic E-state index is 11.8. The van der Waals surface area contributed by atoms with E-state index < -0.39 is 24.1 Å². The molecule has 2 rings (SSSR count). The molecule has 26 heavy (non-hydrogen) atoms. The Labute approximate surface area is 151 Å². The minimum absolute atomic E-state index is 0.0706. The van der Waals surface area contributed by atoms with Crippen molar-refractivity contribution in [2.24, 2.45) is 0 Å². The summed E-state index contributed by atoms with van der Waals surface area (Å²) in [6, 6.07) is 1.47. The van der Waals surface area contributed by atoms with Crippen LogP contribution in [0.1, 0.15) is 51.2 Å². The van der Waals surface area contributed by atoms with Crippen LogP contribution in [0.15, 0.2) is 17.1 Å². The third-order valence-corrected chi connectivity index (χ3v) is 4.23. The zero-order valence-electron chi connectivity index (χ0n) is 14.6. The molecule has 2 heterocycles. The van der Waals surface area contributed by atoms with Crippen LogP contribution in [0.5, 0.6) is 0 Å². The fourth-order valence-electron chi connectivity index (χ4n) is 2.78. The highest BCUT2D eigenvalue weighted by Crippen LogP contribution is 2.27. The number of hydrogen-bond acceptors (Lipinski definition) is 8. The van der Waals surface area contributed by atoms with Crippen LogP contribution in [0.25, 0.3) is 0 Å². The molecule has 0 radical (unpaired) electrons. The standard InChI is InChI=1S/C17H25N3O6/c18-14-7-8-20(17(24)19-14)15-10-12(22)13(26-15)11-25-16(23)6-4-2-1-3-5-9-21/h7-9,12-13,15,22H,1-6,10-11H2,(H2,18,19,24)/t12-,13+,15+/m0/s1. The average Bonchev–Trinajstić information content (AvgIpc) is 2.96. The summed E-state index contributed by atoms with van der Waals surface area (Å²) in [5.74, 6) is -0.243. The Bertz CT molecular complexity index is 662. The molecule has 1 aliphatic heterocycles. The summed E-state index contributed by atoms with van der Waals surface area (Å²) >= 11 is 0. The van der Waals surface area contributed by atoms with Gasteiger partial charge in [0.05, 0.1) is 6.10 Å². The van der Waals surface area contributed by atoms with Crippen LogP contribution in [0, 0.1) is 0 Å². The molecule has 9 heteroatoms. The predicted molar refractivity (Wildman–Crippen MR) is 92.2 cm³/mol. The van der Waals surface area contributed by atoms with Crippen molar-refractivity contribution < 1.29 is 24.2 Å². The van der Waals surface area contributed by atoms with Gasteiger partial charge in [-0.15, -0.1) is 0 Å². The molecule has 0 saturated carbocycles. The Balaban J connectivity index is 1.72. The molecule has 1 saturated heterocycles. The number of esters is 1. The molecule has 1 aliphatic rings. The largest absolute Gasteiger partial charge is 0.463 e. The van der Waals surface area contributed by atoms with Crippen molar-refractivity contribution in [1.29, 1.82) is 0 Å². The maximum Gasteiger partial charge on any atom is 0.351 e. The number of hydrogen-bond donors (Lipinski definition) is 2. The van der Waals surface area contributed by atoms with Gasteiger partial charge in [-0.05, 0) is 18.9 Å². The summed E-state index contributed by atoms with van der Waals surface area (Å²) in [6.07, 6.45) is 4.47. The van der Waals surface area contributed by atoms with Gasteiger partial charge in [-0.3, -0.25) is 9.36 Å². The van der Waals surface area contributed by atoms with Crippen LogP contribution in [0.2, 0.25) is 0 Å². The molecule has 0 aromatic carbocycles. The smallest absolute Gasteiger partial charge is 0.351 e. The summed E-state index contributed by atoms with van der Waals surface area (Å²) in [5, 5.41) is 10.1. The van der Waals surface area contributed by atoms with E-state index in [2.05, 4.69) is 4.98 Å². The van der Waals surface area contributed by atoms with Gasteiger partial charge in [0, 0.05) is 25.5 Å². The number of aliphatic hydroxyl groups excluding tert-OH is 1. The first-order valence-electron chi connectivity index (χ1n) is 8.78. The number of carbonyl (C=O) groups is 2. The first kappa shape index (κ1) is 20.1. The average molecular weight is 367 g/mol. The molecule has 0 aliphatic carbocycles. The highest BCUT2D eigenvalue weighted by atomic mass is 16.6. The van der Waals surface area contributed by atoms with Crippen LogP contribution in [-0.4, -0.2) is 45.7 Å². The third kappa shape index (κ3) is 5.92. The van der Waals surface area contributed by atoms with Crippen molar-refractivity contribution in [3.05, 3.63) is 22.7 Å². The zero-order chi connectivity index (χ0) is 18.9. The van der Waals surface area contributed by atoms with Crippen LogP contribution in [0.3, 0.4) is 0 Å². The Hall–Kier alpha value is -2.26. The number of aromatic nitrogens is 2. The van der Waals surface area contributed by atoms with Gasteiger partial charge in [0.1, 0.15) is 31.0 Å². The normalized spacial score (nSPS) is 22.3. The van der Waals surface area contributed by atoms with Crippen molar-refractivity contribution in [1.82, 2.24) is 9.55 Å².